The summed E-state index contributed by atoms with van der Waals surface area (Å²) in [6.07, 6.45) is 1.74. The summed E-state index contributed by atoms with van der Waals surface area (Å²) in [6, 6.07) is 25.7. The van der Waals surface area contributed by atoms with Crippen LogP contribution in [0.4, 0.5) is 0 Å². The van der Waals surface area contributed by atoms with E-state index in [1.807, 2.05) is 78.9 Å². The quantitative estimate of drug-likeness (QED) is 0.275. The molecule has 39 heavy (non-hydrogen) atoms. The van der Waals surface area contributed by atoms with E-state index in [-0.39, 0.29) is 18.3 Å². The second-order valence-electron chi connectivity index (χ2n) is 9.23. The molecule has 0 saturated carbocycles. The van der Waals surface area contributed by atoms with E-state index >= 15 is 0 Å². The molecule has 0 radical (unpaired) electrons. The molecule has 8 heteroatoms. The molecule has 0 fully saturated rings. The summed E-state index contributed by atoms with van der Waals surface area (Å²) in [6.45, 7) is 2.27. The summed E-state index contributed by atoms with van der Waals surface area (Å²) < 4.78 is 25.0. The molecule has 4 aromatic rings. The van der Waals surface area contributed by atoms with E-state index in [0.29, 0.717) is 18.5 Å². The first-order chi connectivity index (χ1) is 18.9. The Bertz CT molecular complexity index is 1410. The van der Waals surface area contributed by atoms with E-state index in [4.69, 9.17) is 18.9 Å². The zero-order valence-electron chi connectivity index (χ0n) is 22.7. The van der Waals surface area contributed by atoms with Crippen LogP contribution in [0.3, 0.4) is 0 Å². The van der Waals surface area contributed by atoms with Crippen molar-refractivity contribution in [3.8, 4) is 11.5 Å². The van der Waals surface area contributed by atoms with Crippen molar-refractivity contribution in [2.24, 2.45) is 0 Å². The molecule has 1 heterocycles. The molecule has 1 atom stereocenters. The Labute approximate surface area is 227 Å². The van der Waals surface area contributed by atoms with Gasteiger partial charge in [0.25, 0.3) is 5.56 Å². The molecular weight excluding hydrogens is 496 g/mol. The van der Waals surface area contributed by atoms with E-state index in [1.165, 1.54) is 4.57 Å². The number of ether oxygens (including phenoxy) is 4. The van der Waals surface area contributed by atoms with Gasteiger partial charge in [0.1, 0.15) is 17.1 Å². The topological polar surface area (TPSA) is 91.8 Å². The van der Waals surface area contributed by atoms with Gasteiger partial charge in [-0.25, -0.2) is 4.79 Å². The lowest BCUT2D eigenvalue weighted by atomic mass is 9.80. The first-order valence-electron chi connectivity index (χ1n) is 12.7. The van der Waals surface area contributed by atoms with Crippen LogP contribution >= 0.6 is 0 Å². The monoisotopic (exact) mass is 530 g/mol. The predicted octanol–water partition coefficient (Wildman–Crippen LogP) is 4.28. The van der Waals surface area contributed by atoms with Gasteiger partial charge in [0.05, 0.1) is 26.9 Å². The number of aryl methyl sites for hydroxylation is 2. The highest BCUT2D eigenvalue weighted by Crippen LogP contribution is 2.41. The smallest absolute Gasteiger partial charge is 0.328 e. The van der Waals surface area contributed by atoms with E-state index < -0.39 is 11.3 Å². The summed E-state index contributed by atoms with van der Waals surface area (Å²) in [5, 5.41) is 0. The molecule has 1 N–H and O–H groups in total. The maximum Gasteiger partial charge on any atom is 0.328 e. The van der Waals surface area contributed by atoms with E-state index in [1.54, 1.807) is 34.4 Å². The molecule has 0 spiro atoms. The molecule has 0 bridgehead atoms. The van der Waals surface area contributed by atoms with E-state index in [0.717, 1.165) is 28.2 Å². The van der Waals surface area contributed by atoms with Crippen molar-refractivity contribution in [1.29, 1.82) is 0 Å². The largest absolute Gasteiger partial charge is 0.497 e. The first-order valence-corrected chi connectivity index (χ1v) is 12.7. The van der Waals surface area contributed by atoms with Crippen LogP contribution < -0.4 is 20.7 Å². The summed E-state index contributed by atoms with van der Waals surface area (Å²) in [5.74, 6) is 1.48. The molecule has 0 saturated heterocycles. The van der Waals surface area contributed by atoms with Gasteiger partial charge in [-0.05, 0) is 54.3 Å². The number of methoxy groups -OCH3 is 3. The third-order valence-corrected chi connectivity index (χ3v) is 6.87. The normalized spacial score (nSPS) is 12.2. The lowest BCUT2D eigenvalue weighted by Crippen LogP contribution is -2.37. The second kappa shape index (κ2) is 12.6. The number of hydrogen-bond acceptors (Lipinski definition) is 6. The van der Waals surface area contributed by atoms with Crippen molar-refractivity contribution in [1.82, 2.24) is 9.55 Å². The van der Waals surface area contributed by atoms with E-state index in [2.05, 4.69) is 4.98 Å². The molecule has 8 nitrogen and oxygen atoms in total. The van der Waals surface area contributed by atoms with Crippen LogP contribution in [0.1, 0.15) is 28.7 Å². The van der Waals surface area contributed by atoms with Crippen molar-refractivity contribution in [2.75, 3.05) is 27.9 Å². The van der Waals surface area contributed by atoms with Crippen LogP contribution in [-0.4, -0.2) is 43.6 Å². The van der Waals surface area contributed by atoms with Gasteiger partial charge in [0.2, 0.25) is 0 Å². The minimum atomic E-state index is -0.970. The average Bonchev–Trinajstić information content (AvgIpc) is 2.98. The second-order valence-corrected chi connectivity index (χ2v) is 9.23. The Balaban J connectivity index is 1.72. The lowest BCUT2D eigenvalue weighted by molar-refractivity contribution is -0.0550. The highest BCUT2D eigenvalue weighted by atomic mass is 16.5. The molecule has 1 aromatic heterocycles. The minimum absolute atomic E-state index is 0.237. The molecule has 0 unspecified atom stereocenters. The number of aromatic amines is 1. The predicted molar refractivity (Wildman–Crippen MR) is 150 cm³/mol. The maximum atomic E-state index is 12.3. The van der Waals surface area contributed by atoms with E-state index in [9.17, 15) is 9.59 Å². The molecule has 0 aliphatic heterocycles. The number of hydrogen-bond donors (Lipinski definition) is 1. The number of H-pyrrole nitrogens is 1. The van der Waals surface area contributed by atoms with Gasteiger partial charge in [-0.3, -0.25) is 9.78 Å². The van der Waals surface area contributed by atoms with Crippen LogP contribution in [0.25, 0.3) is 0 Å². The summed E-state index contributed by atoms with van der Waals surface area (Å²) in [4.78, 5) is 26.4. The molecule has 0 aliphatic carbocycles. The first kappa shape index (κ1) is 27.9. The van der Waals surface area contributed by atoms with Crippen LogP contribution in [-0.2, 0) is 21.6 Å². The fourth-order valence-corrected chi connectivity index (χ4v) is 4.63. The molecule has 3 aromatic carbocycles. The molecule has 4 rings (SSSR count). The lowest BCUT2D eigenvalue weighted by Gasteiger charge is -2.37. The number of nitrogens with one attached hydrogen (secondary N) is 1. The van der Waals surface area contributed by atoms with Gasteiger partial charge in [-0.15, -0.1) is 0 Å². The van der Waals surface area contributed by atoms with Crippen LogP contribution in [0.15, 0.2) is 94.6 Å². The van der Waals surface area contributed by atoms with Crippen molar-refractivity contribution in [3.05, 3.63) is 128 Å². The zero-order chi connectivity index (χ0) is 27.8. The number of rotatable bonds is 12. The molecule has 0 amide bonds. The number of aromatic nitrogens is 2. The SMILES string of the molecule is COc1ccc(C(OC[C@H](CCn2cc(C)c(=O)[nH]c2=O)OC)(c2ccccc2)c2ccc(OC)cc2)cc1. The number of nitrogens with zero attached hydrogens (tertiary/aromatic N) is 1. The summed E-state index contributed by atoms with van der Waals surface area (Å²) in [5.41, 5.74) is 1.46. The molecular formula is C31H34N2O6. The Hall–Kier alpha value is -4.14. The third-order valence-electron chi connectivity index (χ3n) is 6.87. The maximum absolute atomic E-state index is 12.3. The fourth-order valence-electron chi connectivity index (χ4n) is 4.63. The highest BCUT2D eigenvalue weighted by molar-refractivity contribution is 5.49. The van der Waals surface area contributed by atoms with Gasteiger partial charge < -0.3 is 23.5 Å². The zero-order valence-corrected chi connectivity index (χ0v) is 22.7. The van der Waals surface area contributed by atoms with Gasteiger partial charge in [0, 0.05) is 25.4 Å². The van der Waals surface area contributed by atoms with Gasteiger partial charge in [-0.1, -0.05) is 54.6 Å². The average molecular weight is 531 g/mol. The van der Waals surface area contributed by atoms with Crippen LogP contribution in [0.5, 0.6) is 11.5 Å². The Morgan fingerprint density at radius 1 is 0.795 bits per heavy atom. The van der Waals surface area contributed by atoms with Crippen molar-refractivity contribution < 1.29 is 18.9 Å². The van der Waals surface area contributed by atoms with Gasteiger partial charge in [0.15, 0.2) is 0 Å². The molecule has 204 valence electrons. The Kier molecular flexibility index (Phi) is 9.01. The van der Waals surface area contributed by atoms with Crippen molar-refractivity contribution >= 4 is 0 Å². The molecule has 0 aliphatic rings. The van der Waals surface area contributed by atoms with Crippen molar-refractivity contribution in [2.45, 2.75) is 31.6 Å². The van der Waals surface area contributed by atoms with Crippen LogP contribution in [0, 0.1) is 6.92 Å². The highest BCUT2D eigenvalue weighted by Gasteiger charge is 2.38. The number of benzene rings is 3. The minimum Gasteiger partial charge on any atom is -0.497 e. The Morgan fingerprint density at radius 2 is 1.33 bits per heavy atom. The van der Waals surface area contributed by atoms with Crippen LogP contribution in [0.2, 0.25) is 0 Å². The van der Waals surface area contributed by atoms with Gasteiger partial charge >= 0.3 is 5.69 Å². The van der Waals surface area contributed by atoms with Gasteiger partial charge in [-0.2, -0.15) is 0 Å². The summed E-state index contributed by atoms with van der Waals surface area (Å²) in [7, 11) is 4.90. The van der Waals surface area contributed by atoms with Crippen molar-refractivity contribution in [3.63, 3.8) is 0 Å². The fraction of sp³-hybridized carbons (Fsp3) is 0.290. The summed E-state index contributed by atoms with van der Waals surface area (Å²) >= 11 is 0. The Morgan fingerprint density at radius 3 is 1.85 bits per heavy atom. The third kappa shape index (κ3) is 6.13. The standard InChI is InChI=1S/C31H34N2O6/c1-22-20-33(30(35)32-29(22)34)19-18-28(38-4)21-39-31(23-8-6-5-7-9-23,24-10-14-26(36-2)15-11-24)25-12-16-27(37-3)17-13-25/h5-17,20,28H,18-19,21H2,1-4H3,(H,32,34,35)/t28-/m0/s1.